The van der Waals surface area contributed by atoms with E-state index in [4.69, 9.17) is 15.0 Å². The average molecular weight is 781 g/mol. The van der Waals surface area contributed by atoms with Crippen molar-refractivity contribution < 1.29 is 0 Å². The molecule has 0 aliphatic carbocycles. The summed E-state index contributed by atoms with van der Waals surface area (Å²) in [5.41, 5.74) is 15.2. The van der Waals surface area contributed by atoms with Crippen LogP contribution in [0.1, 0.15) is 22.3 Å². The second kappa shape index (κ2) is 15.4. The van der Waals surface area contributed by atoms with Crippen LogP contribution in [0, 0.1) is 36.5 Å². The maximum atomic E-state index is 9.84. The zero-order valence-corrected chi connectivity index (χ0v) is 33.5. The van der Waals surface area contributed by atoms with E-state index in [-0.39, 0.29) is 0 Å². The molecule has 61 heavy (non-hydrogen) atoms. The fourth-order valence-electron chi connectivity index (χ4n) is 8.37. The molecule has 0 saturated heterocycles. The number of para-hydroxylation sites is 1. The summed E-state index contributed by atoms with van der Waals surface area (Å²) < 4.78 is 2.36. The Bertz CT molecular complexity index is 3220. The normalized spacial score (nSPS) is 11.1. The molecule has 10 rings (SSSR count). The molecule has 0 radical (unpaired) electrons. The number of nitrogens with zero attached hydrogens (tertiary/aromatic N) is 6. The summed E-state index contributed by atoms with van der Waals surface area (Å²) in [5, 5.41) is 21.9. The summed E-state index contributed by atoms with van der Waals surface area (Å²) in [6, 6.07) is 66.3. The Labute approximate surface area is 354 Å². The van der Waals surface area contributed by atoms with Crippen LogP contribution in [0.15, 0.2) is 182 Å². The number of hydrogen-bond acceptors (Lipinski definition) is 5. The first-order valence-corrected chi connectivity index (χ1v) is 20.1. The van der Waals surface area contributed by atoms with Crippen LogP contribution in [0.5, 0.6) is 0 Å². The molecule has 0 fully saturated rings. The van der Waals surface area contributed by atoms with Gasteiger partial charge in [-0.3, -0.25) is 0 Å². The van der Waals surface area contributed by atoms with Crippen LogP contribution in [-0.2, 0) is 0 Å². The third kappa shape index (κ3) is 6.89. The van der Waals surface area contributed by atoms with Gasteiger partial charge in [0.2, 0.25) is 0 Å². The zero-order chi connectivity index (χ0) is 41.5. The first-order valence-electron chi connectivity index (χ1n) is 20.1. The van der Waals surface area contributed by atoms with E-state index in [1.165, 1.54) is 16.7 Å². The second-order valence-electron chi connectivity index (χ2n) is 15.3. The largest absolute Gasteiger partial charge is 0.308 e. The number of aryl methyl sites for hydroxylation is 2. The summed E-state index contributed by atoms with van der Waals surface area (Å²) in [5.74, 6) is 1.65. The first-order chi connectivity index (χ1) is 29.9. The van der Waals surface area contributed by atoms with Crippen LogP contribution < -0.4 is 0 Å². The van der Waals surface area contributed by atoms with E-state index < -0.39 is 0 Å². The summed E-state index contributed by atoms with van der Waals surface area (Å²) in [6.45, 7) is 4.28. The minimum Gasteiger partial charge on any atom is -0.308 e. The molecule has 0 atom stereocenters. The van der Waals surface area contributed by atoms with Gasteiger partial charge in [0.15, 0.2) is 17.5 Å². The second-order valence-corrected chi connectivity index (χ2v) is 15.3. The highest BCUT2D eigenvalue weighted by atomic mass is 15.0. The molecule has 0 spiro atoms. The van der Waals surface area contributed by atoms with E-state index >= 15 is 0 Å². The fourth-order valence-corrected chi connectivity index (χ4v) is 8.37. The van der Waals surface area contributed by atoms with E-state index in [2.05, 4.69) is 103 Å². The number of aromatic nitrogens is 4. The van der Waals surface area contributed by atoms with Gasteiger partial charge >= 0.3 is 0 Å². The molecule has 2 aromatic heterocycles. The van der Waals surface area contributed by atoms with Crippen LogP contribution >= 0.6 is 0 Å². The van der Waals surface area contributed by atoms with Crippen LogP contribution in [0.25, 0.3) is 95.0 Å². The van der Waals surface area contributed by atoms with Crippen molar-refractivity contribution in [3.05, 3.63) is 204 Å². The highest BCUT2D eigenvalue weighted by molar-refractivity contribution is 6.12. The van der Waals surface area contributed by atoms with Gasteiger partial charge in [-0.1, -0.05) is 139 Å². The molecule has 6 heteroatoms. The van der Waals surface area contributed by atoms with E-state index in [0.29, 0.717) is 28.6 Å². The van der Waals surface area contributed by atoms with Crippen molar-refractivity contribution in [1.82, 2.24) is 19.5 Å². The van der Waals surface area contributed by atoms with Crippen molar-refractivity contribution in [2.24, 2.45) is 0 Å². The van der Waals surface area contributed by atoms with E-state index in [9.17, 15) is 10.5 Å². The van der Waals surface area contributed by atoms with Crippen molar-refractivity contribution in [2.75, 3.05) is 0 Å². The predicted molar refractivity (Wildman–Crippen MR) is 246 cm³/mol. The zero-order valence-electron chi connectivity index (χ0n) is 33.5. The van der Waals surface area contributed by atoms with Gasteiger partial charge in [-0.15, -0.1) is 0 Å². The lowest BCUT2D eigenvalue weighted by Crippen LogP contribution is -2.04. The minimum atomic E-state index is 0.518. The molecule has 2 heterocycles. The van der Waals surface area contributed by atoms with E-state index in [1.54, 1.807) is 0 Å². The summed E-state index contributed by atoms with van der Waals surface area (Å²) >= 11 is 0. The number of benzene rings is 8. The van der Waals surface area contributed by atoms with Crippen molar-refractivity contribution in [1.29, 1.82) is 10.5 Å². The fraction of sp³-hybridized carbons (Fsp3) is 0.0364. The Kier molecular flexibility index (Phi) is 9.29. The van der Waals surface area contributed by atoms with Gasteiger partial charge in [-0.2, -0.15) is 10.5 Å². The van der Waals surface area contributed by atoms with Gasteiger partial charge in [0.05, 0.1) is 40.0 Å². The van der Waals surface area contributed by atoms with E-state index in [1.807, 2.05) is 109 Å². The molecule has 10 aromatic rings. The van der Waals surface area contributed by atoms with Crippen molar-refractivity contribution >= 4 is 21.8 Å². The molecule has 0 aliphatic heterocycles. The van der Waals surface area contributed by atoms with Gasteiger partial charge in [-0.25, -0.2) is 15.0 Å². The van der Waals surface area contributed by atoms with Gasteiger partial charge in [0.1, 0.15) is 0 Å². The van der Waals surface area contributed by atoms with Gasteiger partial charge in [0.25, 0.3) is 0 Å². The maximum Gasteiger partial charge on any atom is 0.164 e. The quantitative estimate of drug-likeness (QED) is 0.161. The lowest BCUT2D eigenvalue weighted by atomic mass is 9.91. The number of nitriles is 2. The maximum absolute atomic E-state index is 9.84. The van der Waals surface area contributed by atoms with Gasteiger partial charge < -0.3 is 4.57 Å². The third-order valence-corrected chi connectivity index (χ3v) is 11.2. The Morgan fingerprint density at radius 3 is 1.36 bits per heavy atom. The topological polar surface area (TPSA) is 91.2 Å². The molecule has 6 nitrogen and oxygen atoms in total. The summed E-state index contributed by atoms with van der Waals surface area (Å²) in [6.07, 6.45) is 0. The first kappa shape index (κ1) is 36.9. The van der Waals surface area contributed by atoms with Crippen LogP contribution in [-0.4, -0.2) is 19.5 Å². The van der Waals surface area contributed by atoms with Gasteiger partial charge in [0, 0.05) is 38.6 Å². The van der Waals surface area contributed by atoms with Crippen LogP contribution in [0.2, 0.25) is 0 Å². The Morgan fingerprint density at radius 1 is 0.377 bits per heavy atom. The lowest BCUT2D eigenvalue weighted by Gasteiger charge is -2.21. The van der Waals surface area contributed by atoms with Gasteiger partial charge in [-0.05, 0) is 90.7 Å². The summed E-state index contributed by atoms with van der Waals surface area (Å²) in [7, 11) is 0. The Morgan fingerprint density at radius 2 is 0.836 bits per heavy atom. The number of rotatable bonds is 7. The molecule has 0 amide bonds. The van der Waals surface area contributed by atoms with Crippen molar-refractivity contribution in [3.8, 4) is 85.4 Å². The Balaban J connectivity index is 1.31. The molecule has 0 bridgehead atoms. The van der Waals surface area contributed by atoms with Crippen LogP contribution in [0.3, 0.4) is 0 Å². The molecule has 0 aliphatic rings. The standard InChI is InChI=1S/C55H36N6/c1-35-27-36(2)29-44(28-35)43-25-26-51-49(30-43)46-15-9-10-16-50(46)61(51)52-47(39-21-17-37(33-56)18-22-39)31-45(32-48(52)40-23-19-38(34-57)20-24-40)55-59-53(41-11-5-3-6-12-41)58-54(60-55)42-13-7-4-8-14-42/h3-32H,1-2H3. The minimum absolute atomic E-state index is 0.518. The lowest BCUT2D eigenvalue weighted by molar-refractivity contribution is 1.07. The molecule has 0 N–H and O–H groups in total. The SMILES string of the molecule is Cc1cc(C)cc(-c2ccc3c(c2)c2ccccc2n3-c2c(-c3ccc(C#N)cc3)cc(-c3nc(-c4ccccc4)nc(-c4ccccc4)n3)cc2-c2ccc(C#N)cc2)c1. The third-order valence-electron chi connectivity index (χ3n) is 11.2. The van der Waals surface area contributed by atoms with Crippen molar-refractivity contribution in [2.45, 2.75) is 13.8 Å². The number of fused-ring (bicyclic) bond motifs is 3. The van der Waals surface area contributed by atoms with Crippen molar-refractivity contribution in [3.63, 3.8) is 0 Å². The number of hydrogen-bond donors (Lipinski definition) is 0. The molecule has 8 aromatic carbocycles. The molecular formula is C55H36N6. The monoisotopic (exact) mass is 780 g/mol. The molecule has 286 valence electrons. The van der Waals surface area contributed by atoms with Crippen LogP contribution in [0.4, 0.5) is 0 Å². The molecular weight excluding hydrogens is 745 g/mol. The molecule has 0 unspecified atom stereocenters. The smallest absolute Gasteiger partial charge is 0.164 e. The average Bonchev–Trinajstić information content (AvgIpc) is 3.64. The predicted octanol–water partition coefficient (Wildman–Crippen LogP) is 13.3. The Hall–Kier alpha value is -8.45. The van der Waals surface area contributed by atoms with E-state index in [0.717, 1.165) is 72.0 Å². The summed E-state index contributed by atoms with van der Waals surface area (Å²) in [4.78, 5) is 15.3. The highest BCUT2D eigenvalue weighted by Crippen LogP contribution is 2.44. The highest BCUT2D eigenvalue weighted by Gasteiger charge is 2.23. The molecule has 0 saturated carbocycles.